The van der Waals surface area contributed by atoms with E-state index < -0.39 is 0 Å². The van der Waals surface area contributed by atoms with Crippen molar-refractivity contribution in [1.29, 1.82) is 0 Å². The Hall–Kier alpha value is -0.690. The molecule has 3 aliphatic heterocycles. The van der Waals surface area contributed by atoms with Crippen molar-refractivity contribution in [2.45, 2.75) is 12.8 Å². The molecule has 0 spiro atoms. The van der Waals surface area contributed by atoms with Gasteiger partial charge in [0.2, 0.25) is 0 Å². The number of rotatable bonds is 4. The van der Waals surface area contributed by atoms with Gasteiger partial charge in [0.25, 0.3) is 5.91 Å². The first-order chi connectivity index (χ1) is 10.3. The lowest BCUT2D eigenvalue weighted by Crippen LogP contribution is -2.47. The maximum atomic E-state index is 12.7. The molecule has 0 saturated carbocycles. The van der Waals surface area contributed by atoms with Crippen LogP contribution in [0.1, 0.15) is 12.8 Å². The third-order valence-corrected chi connectivity index (χ3v) is 4.89. The van der Waals surface area contributed by atoms with Crippen LogP contribution in [-0.4, -0.2) is 75.6 Å². The summed E-state index contributed by atoms with van der Waals surface area (Å²) in [4.78, 5) is 20.6. The Bertz CT molecular complexity index is 360. The molecule has 0 aromatic carbocycles. The monoisotopic (exact) mass is 298 g/mol. The van der Waals surface area contributed by atoms with Crippen molar-refractivity contribution in [3.05, 3.63) is 0 Å². The molecule has 6 nitrogen and oxygen atoms in total. The summed E-state index contributed by atoms with van der Waals surface area (Å²) in [5.74, 6) is 0.940. The fourth-order valence-corrected chi connectivity index (χ4v) is 3.70. The van der Waals surface area contributed by atoms with Crippen LogP contribution in [-0.2, 0) is 19.1 Å². The number of carbonyl (C=O) groups excluding carboxylic acids is 1. The molecule has 120 valence electrons. The molecule has 0 radical (unpaired) electrons. The smallest absolute Gasteiger partial charge is 0.251 e. The molecule has 3 aliphatic rings. The van der Waals surface area contributed by atoms with E-state index in [1.807, 2.05) is 0 Å². The zero-order valence-corrected chi connectivity index (χ0v) is 12.8. The highest BCUT2D eigenvalue weighted by Crippen LogP contribution is 2.35. The number of amides is 1. The van der Waals surface area contributed by atoms with Gasteiger partial charge in [-0.05, 0) is 24.7 Å². The van der Waals surface area contributed by atoms with Crippen LogP contribution >= 0.6 is 0 Å². The van der Waals surface area contributed by atoms with E-state index in [0.29, 0.717) is 25.0 Å². The summed E-state index contributed by atoms with van der Waals surface area (Å²) >= 11 is 0. The van der Waals surface area contributed by atoms with Crippen LogP contribution in [0.25, 0.3) is 0 Å². The first kappa shape index (κ1) is 15.2. The van der Waals surface area contributed by atoms with E-state index >= 15 is 0 Å². The first-order valence-corrected chi connectivity index (χ1v) is 8.03. The summed E-state index contributed by atoms with van der Waals surface area (Å²) in [6.45, 7) is 6.36. The predicted octanol–water partition coefficient (Wildman–Crippen LogP) is 0.381. The van der Waals surface area contributed by atoms with Gasteiger partial charge < -0.3 is 14.4 Å². The number of fused-ring (bicyclic) bond motifs is 1. The number of ether oxygens (including phenoxy) is 2. The molecule has 0 aromatic rings. The summed E-state index contributed by atoms with van der Waals surface area (Å²) < 4.78 is 10.9. The van der Waals surface area contributed by atoms with E-state index in [0.717, 1.165) is 52.2 Å². The number of hydrogen-bond donors (Lipinski definition) is 0. The Labute approximate surface area is 126 Å². The zero-order valence-electron chi connectivity index (χ0n) is 12.8. The van der Waals surface area contributed by atoms with E-state index in [4.69, 9.17) is 14.3 Å². The standard InChI is InChI=1S/C15H26N2O4/c1-19-7-5-16-8-12-10-20-11-14(13(12)9-16)15(18)17-4-2-3-6-21-17/h12-14H,2-11H2,1H3/t12-,13-,14-/m1/s1. The maximum Gasteiger partial charge on any atom is 0.251 e. The lowest BCUT2D eigenvalue weighted by atomic mass is 9.82. The van der Waals surface area contributed by atoms with Crippen LogP contribution in [0.3, 0.4) is 0 Å². The van der Waals surface area contributed by atoms with Gasteiger partial charge in [0.05, 0.1) is 32.3 Å². The topological polar surface area (TPSA) is 51.2 Å². The third kappa shape index (κ3) is 3.39. The second-order valence-electron chi connectivity index (χ2n) is 6.30. The van der Waals surface area contributed by atoms with Gasteiger partial charge in [-0.1, -0.05) is 0 Å². The van der Waals surface area contributed by atoms with E-state index in [1.54, 1.807) is 12.2 Å². The van der Waals surface area contributed by atoms with Crippen LogP contribution in [0, 0.1) is 17.8 Å². The molecule has 1 amide bonds. The minimum atomic E-state index is -0.0469. The van der Waals surface area contributed by atoms with Crippen LogP contribution in [0.4, 0.5) is 0 Å². The minimum Gasteiger partial charge on any atom is -0.383 e. The fourth-order valence-electron chi connectivity index (χ4n) is 3.70. The lowest BCUT2D eigenvalue weighted by molar-refractivity contribution is -0.207. The molecule has 0 unspecified atom stereocenters. The SMILES string of the molecule is COCCN1C[C@@H]2COC[C@@H](C(=O)N3CCCCO3)[C@@H]2C1. The Morgan fingerprint density at radius 2 is 2.19 bits per heavy atom. The Morgan fingerprint density at radius 1 is 1.29 bits per heavy atom. The average Bonchev–Trinajstić information content (AvgIpc) is 2.96. The summed E-state index contributed by atoms with van der Waals surface area (Å²) in [6, 6.07) is 0. The number of nitrogens with zero attached hydrogens (tertiary/aromatic N) is 2. The molecule has 0 bridgehead atoms. The molecule has 21 heavy (non-hydrogen) atoms. The molecular formula is C15H26N2O4. The molecule has 0 aliphatic carbocycles. The van der Waals surface area contributed by atoms with Gasteiger partial charge in [-0.3, -0.25) is 9.63 Å². The summed E-state index contributed by atoms with van der Waals surface area (Å²) in [5.41, 5.74) is 0. The van der Waals surface area contributed by atoms with E-state index in [-0.39, 0.29) is 11.8 Å². The lowest BCUT2D eigenvalue weighted by Gasteiger charge is -2.36. The number of likely N-dealkylation sites (tertiary alicyclic amines) is 1. The van der Waals surface area contributed by atoms with Crippen molar-refractivity contribution in [2.75, 3.05) is 59.7 Å². The van der Waals surface area contributed by atoms with Gasteiger partial charge in [-0.15, -0.1) is 0 Å². The molecule has 3 rings (SSSR count). The van der Waals surface area contributed by atoms with E-state index in [9.17, 15) is 4.79 Å². The highest BCUT2D eigenvalue weighted by atomic mass is 16.7. The minimum absolute atomic E-state index is 0.0469. The molecule has 0 N–H and O–H groups in total. The molecular weight excluding hydrogens is 272 g/mol. The quantitative estimate of drug-likeness (QED) is 0.751. The predicted molar refractivity (Wildman–Crippen MR) is 76.5 cm³/mol. The second kappa shape index (κ2) is 7.05. The Balaban J connectivity index is 1.61. The molecule has 3 saturated heterocycles. The molecule has 0 aromatic heterocycles. The summed E-state index contributed by atoms with van der Waals surface area (Å²) in [7, 11) is 1.73. The fraction of sp³-hybridized carbons (Fsp3) is 0.933. The van der Waals surface area contributed by atoms with Crippen molar-refractivity contribution in [3.63, 3.8) is 0 Å². The van der Waals surface area contributed by atoms with Gasteiger partial charge in [0.15, 0.2) is 0 Å². The van der Waals surface area contributed by atoms with Crippen molar-refractivity contribution in [3.8, 4) is 0 Å². The normalized spacial score (nSPS) is 34.0. The number of methoxy groups -OCH3 is 1. The number of hydroxylamine groups is 2. The van der Waals surface area contributed by atoms with Crippen molar-refractivity contribution in [1.82, 2.24) is 9.96 Å². The van der Waals surface area contributed by atoms with Gasteiger partial charge in [-0.2, -0.15) is 0 Å². The molecule has 3 heterocycles. The van der Waals surface area contributed by atoms with Crippen LogP contribution in [0.2, 0.25) is 0 Å². The first-order valence-electron chi connectivity index (χ1n) is 8.03. The van der Waals surface area contributed by atoms with Gasteiger partial charge in [0.1, 0.15) is 0 Å². The number of carbonyl (C=O) groups is 1. The maximum absolute atomic E-state index is 12.7. The summed E-state index contributed by atoms with van der Waals surface area (Å²) in [5, 5.41) is 1.58. The Morgan fingerprint density at radius 3 is 2.95 bits per heavy atom. The van der Waals surface area contributed by atoms with Gasteiger partial charge in [-0.25, -0.2) is 5.06 Å². The largest absolute Gasteiger partial charge is 0.383 e. The van der Waals surface area contributed by atoms with Crippen molar-refractivity contribution < 1.29 is 19.1 Å². The average molecular weight is 298 g/mol. The Kier molecular flexibility index (Phi) is 5.11. The molecule has 3 fully saturated rings. The highest BCUT2D eigenvalue weighted by Gasteiger charge is 2.45. The van der Waals surface area contributed by atoms with Crippen molar-refractivity contribution >= 4 is 5.91 Å². The van der Waals surface area contributed by atoms with Crippen LogP contribution in [0.15, 0.2) is 0 Å². The van der Waals surface area contributed by atoms with Gasteiger partial charge in [0, 0.05) is 33.3 Å². The molecule has 6 heteroatoms. The van der Waals surface area contributed by atoms with Gasteiger partial charge >= 0.3 is 0 Å². The second-order valence-corrected chi connectivity index (χ2v) is 6.30. The summed E-state index contributed by atoms with van der Waals surface area (Å²) in [6.07, 6.45) is 2.08. The van der Waals surface area contributed by atoms with Crippen LogP contribution in [0.5, 0.6) is 0 Å². The highest BCUT2D eigenvalue weighted by molar-refractivity contribution is 5.78. The third-order valence-electron chi connectivity index (χ3n) is 4.89. The van der Waals surface area contributed by atoms with E-state index in [2.05, 4.69) is 4.90 Å². The number of hydrogen-bond acceptors (Lipinski definition) is 5. The van der Waals surface area contributed by atoms with Crippen molar-refractivity contribution in [2.24, 2.45) is 17.8 Å². The zero-order chi connectivity index (χ0) is 14.7. The van der Waals surface area contributed by atoms with Crippen LogP contribution < -0.4 is 0 Å². The van der Waals surface area contributed by atoms with E-state index in [1.165, 1.54) is 0 Å². The molecule has 3 atom stereocenters.